The van der Waals surface area contributed by atoms with Crippen LogP contribution in [-0.2, 0) is 9.53 Å². The first kappa shape index (κ1) is 13.8. The van der Waals surface area contributed by atoms with Gasteiger partial charge in [0.25, 0.3) is 5.89 Å². The molecule has 1 aromatic carbocycles. The molecule has 0 unspecified atom stereocenters. The molecule has 0 aliphatic carbocycles. The van der Waals surface area contributed by atoms with Crippen molar-refractivity contribution in [3.63, 3.8) is 0 Å². The zero-order chi connectivity index (χ0) is 14.7. The van der Waals surface area contributed by atoms with Crippen LogP contribution in [0.15, 0.2) is 34.9 Å². The molecular formula is C15H17N3O3. The smallest absolute Gasteiger partial charge is 0.257 e. The Kier molecular flexibility index (Phi) is 3.96. The number of amides is 1. The van der Waals surface area contributed by atoms with Gasteiger partial charge in [0.15, 0.2) is 5.82 Å². The Morgan fingerprint density at radius 2 is 2.24 bits per heavy atom. The lowest BCUT2D eigenvalue weighted by atomic mass is 10.1. The van der Waals surface area contributed by atoms with Crippen molar-refractivity contribution < 1.29 is 14.1 Å². The van der Waals surface area contributed by atoms with Crippen LogP contribution in [0.2, 0.25) is 0 Å². The van der Waals surface area contributed by atoms with Crippen LogP contribution in [0.5, 0.6) is 0 Å². The van der Waals surface area contributed by atoms with E-state index in [1.54, 1.807) is 4.90 Å². The molecule has 1 atom stereocenters. The highest BCUT2D eigenvalue weighted by molar-refractivity contribution is 5.77. The Balaban J connectivity index is 1.69. The summed E-state index contributed by atoms with van der Waals surface area (Å²) in [5.74, 6) is 1.33. The van der Waals surface area contributed by atoms with Gasteiger partial charge >= 0.3 is 0 Å². The number of nitrogens with zero attached hydrogens (tertiary/aromatic N) is 3. The highest BCUT2D eigenvalue weighted by Crippen LogP contribution is 2.27. The third kappa shape index (κ3) is 2.95. The number of hydrogen-bond donors (Lipinski definition) is 0. The van der Waals surface area contributed by atoms with Crippen LogP contribution in [0.3, 0.4) is 0 Å². The van der Waals surface area contributed by atoms with Gasteiger partial charge in [0, 0.05) is 31.7 Å². The largest absolute Gasteiger partial charge is 0.375 e. The number of aromatic nitrogens is 2. The van der Waals surface area contributed by atoms with Crippen LogP contribution in [-0.4, -0.2) is 47.8 Å². The fourth-order valence-electron chi connectivity index (χ4n) is 2.51. The molecule has 0 spiro atoms. The summed E-state index contributed by atoms with van der Waals surface area (Å²) in [5.41, 5.74) is 0.904. The summed E-state index contributed by atoms with van der Waals surface area (Å²) in [6.45, 7) is 1.45. The van der Waals surface area contributed by atoms with E-state index >= 15 is 0 Å². The zero-order valence-corrected chi connectivity index (χ0v) is 11.9. The van der Waals surface area contributed by atoms with Crippen LogP contribution in [0.1, 0.15) is 18.2 Å². The van der Waals surface area contributed by atoms with Crippen molar-refractivity contribution in [1.82, 2.24) is 15.0 Å². The van der Waals surface area contributed by atoms with E-state index in [2.05, 4.69) is 10.1 Å². The fraction of sp³-hybridized carbons (Fsp3) is 0.400. The van der Waals surface area contributed by atoms with Crippen LogP contribution in [0, 0.1) is 0 Å². The van der Waals surface area contributed by atoms with Gasteiger partial charge in [-0.15, -0.1) is 0 Å². The number of likely N-dealkylation sites (tertiary alicyclic amines) is 1. The van der Waals surface area contributed by atoms with Crippen LogP contribution >= 0.6 is 0 Å². The fourth-order valence-corrected chi connectivity index (χ4v) is 2.51. The molecule has 1 aliphatic rings. The summed E-state index contributed by atoms with van der Waals surface area (Å²) < 4.78 is 10.2. The molecule has 0 radical (unpaired) electrons. The third-order valence-electron chi connectivity index (χ3n) is 3.64. The van der Waals surface area contributed by atoms with E-state index in [4.69, 9.17) is 9.26 Å². The molecule has 110 valence electrons. The number of carbonyl (C=O) groups excluding carboxylic acids is 1. The summed E-state index contributed by atoms with van der Waals surface area (Å²) in [7, 11) is 1.52. The molecular weight excluding hydrogens is 270 g/mol. The second-order valence-corrected chi connectivity index (χ2v) is 5.08. The number of benzene rings is 1. The van der Waals surface area contributed by atoms with Gasteiger partial charge in [0.05, 0.1) is 0 Å². The minimum absolute atomic E-state index is 0.00628. The van der Waals surface area contributed by atoms with E-state index in [0.29, 0.717) is 24.8 Å². The topological polar surface area (TPSA) is 68.5 Å². The lowest BCUT2D eigenvalue weighted by Crippen LogP contribution is -2.31. The van der Waals surface area contributed by atoms with E-state index in [-0.39, 0.29) is 18.4 Å². The maximum absolute atomic E-state index is 11.8. The molecule has 2 heterocycles. The first-order valence-electron chi connectivity index (χ1n) is 6.93. The lowest BCUT2D eigenvalue weighted by Gasteiger charge is -2.14. The predicted molar refractivity (Wildman–Crippen MR) is 75.5 cm³/mol. The maximum atomic E-state index is 11.8. The SMILES string of the molecule is COCC(=O)N1CC[C@@H](c2noc(-c3ccccc3)n2)C1. The lowest BCUT2D eigenvalue weighted by molar-refractivity contribution is -0.134. The quantitative estimate of drug-likeness (QED) is 0.856. The van der Waals surface area contributed by atoms with Gasteiger partial charge in [0.1, 0.15) is 6.61 Å². The molecule has 6 heteroatoms. The highest BCUT2D eigenvalue weighted by atomic mass is 16.5. The monoisotopic (exact) mass is 287 g/mol. The highest BCUT2D eigenvalue weighted by Gasteiger charge is 2.30. The summed E-state index contributed by atoms with van der Waals surface area (Å²) in [5, 5.41) is 4.06. The Hall–Kier alpha value is -2.21. The Morgan fingerprint density at radius 3 is 3.00 bits per heavy atom. The second-order valence-electron chi connectivity index (χ2n) is 5.08. The molecule has 0 saturated carbocycles. The number of methoxy groups -OCH3 is 1. The standard InChI is InChI=1S/C15H17N3O3/c1-20-10-13(19)18-8-7-12(9-18)14-16-15(21-17-14)11-5-3-2-4-6-11/h2-6,12H,7-10H2,1H3/t12-/m1/s1. The van der Waals surface area contributed by atoms with Crippen LogP contribution in [0.4, 0.5) is 0 Å². The number of carbonyl (C=O) groups is 1. The second kappa shape index (κ2) is 6.05. The van der Waals surface area contributed by atoms with E-state index < -0.39 is 0 Å². The van der Waals surface area contributed by atoms with E-state index in [1.807, 2.05) is 30.3 Å². The summed E-state index contributed by atoms with van der Waals surface area (Å²) in [6.07, 6.45) is 0.850. The zero-order valence-electron chi connectivity index (χ0n) is 11.9. The molecule has 0 N–H and O–H groups in total. The molecule has 1 aliphatic heterocycles. The van der Waals surface area contributed by atoms with E-state index in [9.17, 15) is 4.79 Å². The van der Waals surface area contributed by atoms with Gasteiger partial charge < -0.3 is 14.2 Å². The average molecular weight is 287 g/mol. The summed E-state index contributed by atoms with van der Waals surface area (Å²) in [6, 6.07) is 9.66. The van der Waals surface area contributed by atoms with Gasteiger partial charge in [-0.25, -0.2) is 0 Å². The first-order chi connectivity index (χ1) is 10.3. The Labute approximate surface area is 122 Å². The minimum atomic E-state index is 0.00628. The van der Waals surface area contributed by atoms with Crippen molar-refractivity contribution in [2.45, 2.75) is 12.3 Å². The average Bonchev–Trinajstić information content (AvgIpc) is 3.17. The molecule has 1 saturated heterocycles. The normalized spacial score (nSPS) is 18.1. The Morgan fingerprint density at radius 1 is 1.43 bits per heavy atom. The van der Waals surface area contributed by atoms with Gasteiger partial charge in [-0.1, -0.05) is 23.4 Å². The third-order valence-corrected chi connectivity index (χ3v) is 3.64. The molecule has 6 nitrogen and oxygen atoms in total. The van der Waals surface area contributed by atoms with Gasteiger partial charge in [-0.3, -0.25) is 4.79 Å². The van der Waals surface area contributed by atoms with E-state index in [1.165, 1.54) is 7.11 Å². The number of ether oxygens (including phenoxy) is 1. The van der Waals surface area contributed by atoms with Crippen molar-refractivity contribution in [3.05, 3.63) is 36.2 Å². The van der Waals surface area contributed by atoms with Crippen molar-refractivity contribution in [2.75, 3.05) is 26.8 Å². The summed E-state index contributed by atoms with van der Waals surface area (Å²) in [4.78, 5) is 18.0. The van der Waals surface area contributed by atoms with Gasteiger partial charge in [-0.2, -0.15) is 4.98 Å². The molecule has 1 aromatic heterocycles. The van der Waals surface area contributed by atoms with Crippen LogP contribution < -0.4 is 0 Å². The van der Waals surface area contributed by atoms with Crippen molar-refractivity contribution in [1.29, 1.82) is 0 Å². The number of hydrogen-bond acceptors (Lipinski definition) is 5. The molecule has 3 rings (SSSR count). The van der Waals surface area contributed by atoms with Gasteiger partial charge in [-0.05, 0) is 18.6 Å². The maximum Gasteiger partial charge on any atom is 0.257 e. The molecule has 1 amide bonds. The first-order valence-corrected chi connectivity index (χ1v) is 6.93. The van der Waals surface area contributed by atoms with Crippen molar-refractivity contribution >= 4 is 5.91 Å². The molecule has 1 fully saturated rings. The van der Waals surface area contributed by atoms with Crippen molar-refractivity contribution in [3.8, 4) is 11.5 Å². The predicted octanol–water partition coefficient (Wildman–Crippen LogP) is 1.70. The molecule has 0 bridgehead atoms. The van der Waals surface area contributed by atoms with Crippen LogP contribution in [0.25, 0.3) is 11.5 Å². The minimum Gasteiger partial charge on any atom is -0.375 e. The summed E-state index contributed by atoms with van der Waals surface area (Å²) >= 11 is 0. The molecule has 2 aromatic rings. The van der Waals surface area contributed by atoms with E-state index in [0.717, 1.165) is 12.0 Å². The van der Waals surface area contributed by atoms with Gasteiger partial charge in [0.2, 0.25) is 5.91 Å². The van der Waals surface area contributed by atoms with Crippen molar-refractivity contribution in [2.24, 2.45) is 0 Å². The number of rotatable bonds is 4. The Bertz CT molecular complexity index is 612. The molecule has 21 heavy (non-hydrogen) atoms.